The average molecular weight is 523 g/mol. The van der Waals surface area contributed by atoms with Gasteiger partial charge in [0.1, 0.15) is 0 Å². The molecule has 0 radical (unpaired) electrons. The van der Waals surface area contributed by atoms with Crippen molar-refractivity contribution in [3.63, 3.8) is 0 Å². The molecule has 3 heteroatoms. The topological polar surface area (TPSA) is 9.23 Å². The van der Waals surface area contributed by atoms with Gasteiger partial charge in [-0.3, -0.25) is 0 Å². The molecule has 0 heterocycles. The molecule has 0 saturated heterocycles. The molecule has 4 aromatic rings. The Morgan fingerprint density at radius 2 is 1.16 bits per heavy atom. The maximum Gasteiger partial charge on any atom is 0.261 e. The van der Waals surface area contributed by atoms with E-state index in [0.29, 0.717) is 5.25 Å². The Morgan fingerprint density at radius 3 is 1.65 bits per heavy atom. The first-order valence-corrected chi connectivity index (χ1v) is 15.9. The van der Waals surface area contributed by atoms with Gasteiger partial charge < -0.3 is 4.43 Å². The monoisotopic (exact) mass is 522 g/mol. The van der Waals surface area contributed by atoms with Crippen LogP contribution in [0.1, 0.15) is 45.8 Å². The van der Waals surface area contributed by atoms with Crippen LogP contribution in [0.5, 0.6) is 0 Å². The molecule has 190 valence electrons. The predicted molar refractivity (Wildman–Crippen MR) is 163 cm³/mol. The fourth-order valence-corrected chi connectivity index (χ4v) is 10.6. The largest absolute Gasteiger partial charge is 0.400 e. The molecule has 0 bridgehead atoms. The van der Waals surface area contributed by atoms with Crippen molar-refractivity contribution in [3.05, 3.63) is 139 Å². The fraction of sp³-hybridized carbons (Fsp3) is 0.235. The van der Waals surface area contributed by atoms with Crippen LogP contribution in [-0.4, -0.2) is 13.6 Å². The Hall–Kier alpha value is -2.85. The minimum atomic E-state index is -2.67. The molecule has 1 nitrogen and oxygen atoms in total. The van der Waals surface area contributed by atoms with Crippen LogP contribution in [-0.2, 0) is 4.43 Å². The Balaban J connectivity index is 1.70. The van der Waals surface area contributed by atoms with Crippen molar-refractivity contribution in [1.82, 2.24) is 0 Å². The van der Waals surface area contributed by atoms with E-state index < -0.39 is 8.32 Å². The van der Waals surface area contributed by atoms with E-state index in [-0.39, 0.29) is 11.1 Å². The molecule has 0 aliphatic rings. The van der Waals surface area contributed by atoms with E-state index in [0.717, 1.165) is 6.42 Å². The van der Waals surface area contributed by atoms with Crippen molar-refractivity contribution in [2.45, 2.75) is 55.4 Å². The van der Waals surface area contributed by atoms with Gasteiger partial charge in [0.25, 0.3) is 8.32 Å². The zero-order valence-electron chi connectivity index (χ0n) is 22.4. The molecule has 2 atom stereocenters. The zero-order chi connectivity index (χ0) is 26.1. The second-order valence-corrected chi connectivity index (χ2v) is 16.2. The SMILES string of the molecule is CC(/C=C\CC(O[Si](c1ccccc1)(c1ccccc1)C(C)(C)C)c1ccccc1)Sc1ccccc1. The van der Waals surface area contributed by atoms with Gasteiger partial charge in [-0.05, 0) is 46.5 Å². The van der Waals surface area contributed by atoms with Crippen molar-refractivity contribution >= 4 is 30.5 Å². The van der Waals surface area contributed by atoms with Crippen LogP contribution >= 0.6 is 11.8 Å². The lowest BCUT2D eigenvalue weighted by molar-refractivity contribution is 0.194. The summed E-state index contributed by atoms with van der Waals surface area (Å²) in [5.74, 6) is 0. The number of hydrogen-bond acceptors (Lipinski definition) is 2. The molecule has 0 aliphatic heterocycles. The summed E-state index contributed by atoms with van der Waals surface area (Å²) in [4.78, 5) is 1.29. The molecule has 0 aliphatic carbocycles. The van der Waals surface area contributed by atoms with E-state index in [1.807, 2.05) is 11.8 Å². The number of hydrogen-bond donors (Lipinski definition) is 0. The van der Waals surface area contributed by atoms with Gasteiger partial charge in [-0.15, -0.1) is 11.8 Å². The van der Waals surface area contributed by atoms with Crippen LogP contribution in [0.3, 0.4) is 0 Å². The van der Waals surface area contributed by atoms with E-state index in [2.05, 4.69) is 161 Å². The Kier molecular flexibility index (Phi) is 9.26. The molecule has 4 rings (SSSR count). The van der Waals surface area contributed by atoms with Crippen molar-refractivity contribution in [1.29, 1.82) is 0 Å². The maximum atomic E-state index is 7.54. The third kappa shape index (κ3) is 6.73. The molecule has 4 aromatic carbocycles. The Bertz CT molecular complexity index is 1200. The van der Waals surface area contributed by atoms with E-state index in [4.69, 9.17) is 4.43 Å². The minimum Gasteiger partial charge on any atom is -0.400 e. The van der Waals surface area contributed by atoms with Crippen LogP contribution in [0.15, 0.2) is 138 Å². The van der Waals surface area contributed by atoms with Crippen molar-refractivity contribution in [2.24, 2.45) is 0 Å². The molecule has 37 heavy (non-hydrogen) atoms. The molecule has 0 saturated carbocycles. The molecule has 0 amide bonds. The van der Waals surface area contributed by atoms with Gasteiger partial charge in [-0.1, -0.05) is 142 Å². The van der Waals surface area contributed by atoms with E-state index in [1.54, 1.807) is 0 Å². The van der Waals surface area contributed by atoms with Gasteiger partial charge in [0.2, 0.25) is 0 Å². The summed E-state index contributed by atoms with van der Waals surface area (Å²) >= 11 is 1.88. The quantitative estimate of drug-likeness (QED) is 0.117. The molecule has 2 unspecified atom stereocenters. The molecular formula is C34H38OSSi. The first-order valence-electron chi connectivity index (χ1n) is 13.1. The van der Waals surface area contributed by atoms with Crippen LogP contribution in [0, 0.1) is 0 Å². The summed E-state index contributed by atoms with van der Waals surface area (Å²) in [5.41, 5.74) is 1.23. The summed E-state index contributed by atoms with van der Waals surface area (Å²) in [6.45, 7) is 9.29. The lowest BCUT2D eigenvalue weighted by Gasteiger charge is -2.45. The van der Waals surface area contributed by atoms with Crippen molar-refractivity contribution < 1.29 is 4.43 Å². The van der Waals surface area contributed by atoms with Crippen LogP contribution < -0.4 is 10.4 Å². The highest BCUT2D eigenvalue weighted by molar-refractivity contribution is 8.00. The standard InChI is InChI=1S/C34H38OSSi/c1-28(36-30-21-11-6-12-22-30)18-17-27-33(29-19-9-5-10-20-29)35-37(34(2,3)4,31-23-13-7-14-24-31)32-25-15-8-16-26-32/h5-26,28,33H,27H2,1-4H3/b18-17-. The van der Waals surface area contributed by atoms with Gasteiger partial charge in [0.05, 0.1) is 6.10 Å². The first-order chi connectivity index (χ1) is 17.9. The Labute approximate surface area is 228 Å². The Morgan fingerprint density at radius 1 is 0.703 bits per heavy atom. The fourth-order valence-electron chi connectivity index (χ4n) is 4.97. The first kappa shape index (κ1) is 27.2. The predicted octanol–water partition coefficient (Wildman–Crippen LogP) is 8.43. The zero-order valence-corrected chi connectivity index (χ0v) is 24.2. The summed E-state index contributed by atoms with van der Waals surface area (Å²) in [6, 6.07) is 43.2. The minimum absolute atomic E-state index is 0.0438. The van der Waals surface area contributed by atoms with Crippen LogP contribution in [0.25, 0.3) is 0 Å². The van der Waals surface area contributed by atoms with Gasteiger partial charge in [-0.2, -0.15) is 0 Å². The van der Waals surface area contributed by atoms with Crippen molar-refractivity contribution in [2.75, 3.05) is 0 Å². The second-order valence-electron chi connectivity index (χ2n) is 10.5. The average Bonchev–Trinajstić information content (AvgIpc) is 2.92. The number of benzene rings is 4. The van der Waals surface area contributed by atoms with Gasteiger partial charge in [-0.25, -0.2) is 0 Å². The molecule has 0 aromatic heterocycles. The molecular weight excluding hydrogens is 485 g/mol. The van der Waals surface area contributed by atoms with Crippen LogP contribution in [0.4, 0.5) is 0 Å². The highest BCUT2D eigenvalue weighted by Gasteiger charge is 2.51. The van der Waals surface area contributed by atoms with Gasteiger partial charge in [0, 0.05) is 10.1 Å². The highest BCUT2D eigenvalue weighted by atomic mass is 32.2. The smallest absolute Gasteiger partial charge is 0.261 e. The van der Waals surface area contributed by atoms with Crippen molar-refractivity contribution in [3.8, 4) is 0 Å². The summed E-state index contributed by atoms with van der Waals surface area (Å²) in [6.07, 6.45) is 5.42. The number of thioether (sulfide) groups is 1. The van der Waals surface area contributed by atoms with E-state index in [9.17, 15) is 0 Å². The summed E-state index contributed by atoms with van der Waals surface area (Å²) in [5, 5.41) is 2.94. The second kappa shape index (κ2) is 12.6. The third-order valence-electron chi connectivity index (χ3n) is 6.73. The number of rotatable bonds is 10. The third-order valence-corrected chi connectivity index (χ3v) is 12.8. The summed E-state index contributed by atoms with van der Waals surface area (Å²) in [7, 11) is -2.67. The lowest BCUT2D eigenvalue weighted by atomic mass is 10.1. The summed E-state index contributed by atoms with van der Waals surface area (Å²) < 4.78 is 7.54. The molecule has 0 N–H and O–H groups in total. The highest BCUT2D eigenvalue weighted by Crippen LogP contribution is 2.40. The normalized spacial score (nSPS) is 13.9. The van der Waals surface area contributed by atoms with Gasteiger partial charge >= 0.3 is 0 Å². The van der Waals surface area contributed by atoms with E-state index >= 15 is 0 Å². The van der Waals surface area contributed by atoms with Gasteiger partial charge in [0.15, 0.2) is 0 Å². The molecule has 0 spiro atoms. The lowest BCUT2D eigenvalue weighted by Crippen LogP contribution is -2.66. The van der Waals surface area contributed by atoms with E-state index in [1.165, 1.54) is 20.8 Å². The molecule has 0 fully saturated rings. The maximum absolute atomic E-state index is 7.54. The van der Waals surface area contributed by atoms with Crippen LogP contribution in [0.2, 0.25) is 5.04 Å².